The summed E-state index contributed by atoms with van der Waals surface area (Å²) in [7, 11) is 2.12. The van der Waals surface area contributed by atoms with E-state index < -0.39 is 6.10 Å². The summed E-state index contributed by atoms with van der Waals surface area (Å²) in [5, 5.41) is 10.4. The van der Waals surface area contributed by atoms with Gasteiger partial charge in [0.1, 0.15) is 0 Å². The number of amides is 1. The van der Waals surface area contributed by atoms with Gasteiger partial charge in [0, 0.05) is 18.7 Å². The van der Waals surface area contributed by atoms with Gasteiger partial charge in [-0.3, -0.25) is 4.79 Å². The molecule has 1 amide bonds. The largest absolute Gasteiger partial charge is 0.391 e. The van der Waals surface area contributed by atoms with Crippen LogP contribution in [0.4, 0.5) is 0 Å². The number of likely N-dealkylation sites (tertiary alicyclic amines) is 1. The van der Waals surface area contributed by atoms with Crippen molar-refractivity contribution in [2.75, 3.05) is 26.7 Å². The standard InChI is InChI=1S/C18H34N2O2/c1-14(2)11-17(22)20(13-16(21)12-18(3,4)5)15-7-9-19(6)10-8-15/h11,15-16,21H,7-10,12-13H2,1-6H3/t16-/m0/s1. The van der Waals surface area contributed by atoms with Crippen LogP contribution in [-0.4, -0.2) is 59.6 Å². The predicted octanol–water partition coefficient (Wildman–Crippen LogP) is 2.67. The summed E-state index contributed by atoms with van der Waals surface area (Å²) >= 11 is 0. The van der Waals surface area contributed by atoms with Crippen molar-refractivity contribution in [1.29, 1.82) is 0 Å². The first-order valence-corrected chi connectivity index (χ1v) is 8.40. The number of aliphatic hydroxyl groups is 1. The van der Waals surface area contributed by atoms with Crippen LogP contribution in [0.1, 0.15) is 53.9 Å². The minimum atomic E-state index is -0.464. The van der Waals surface area contributed by atoms with Crippen molar-refractivity contribution in [1.82, 2.24) is 9.80 Å². The van der Waals surface area contributed by atoms with Crippen molar-refractivity contribution in [3.63, 3.8) is 0 Å². The van der Waals surface area contributed by atoms with Gasteiger partial charge in [0.15, 0.2) is 0 Å². The lowest BCUT2D eigenvalue weighted by Gasteiger charge is -2.38. The van der Waals surface area contributed by atoms with Gasteiger partial charge in [0.25, 0.3) is 0 Å². The lowest BCUT2D eigenvalue weighted by molar-refractivity contribution is -0.131. The summed E-state index contributed by atoms with van der Waals surface area (Å²) in [6.07, 6.45) is 3.91. The highest BCUT2D eigenvalue weighted by molar-refractivity contribution is 5.88. The maximum absolute atomic E-state index is 12.6. The summed E-state index contributed by atoms with van der Waals surface area (Å²) < 4.78 is 0. The van der Waals surface area contributed by atoms with Gasteiger partial charge in [0.05, 0.1) is 6.10 Å². The molecular formula is C18H34N2O2. The highest BCUT2D eigenvalue weighted by Crippen LogP contribution is 2.23. The Labute approximate surface area is 136 Å². The van der Waals surface area contributed by atoms with E-state index in [4.69, 9.17) is 0 Å². The summed E-state index contributed by atoms with van der Waals surface area (Å²) in [4.78, 5) is 16.8. The first-order chi connectivity index (χ1) is 10.1. The van der Waals surface area contributed by atoms with Gasteiger partial charge in [-0.2, -0.15) is 0 Å². The topological polar surface area (TPSA) is 43.8 Å². The lowest BCUT2D eigenvalue weighted by atomic mass is 9.89. The van der Waals surface area contributed by atoms with E-state index in [9.17, 15) is 9.90 Å². The highest BCUT2D eigenvalue weighted by atomic mass is 16.3. The van der Waals surface area contributed by atoms with Crippen molar-refractivity contribution >= 4 is 5.91 Å². The average molecular weight is 310 g/mol. The molecule has 0 saturated carbocycles. The van der Waals surface area contributed by atoms with Crippen LogP contribution in [-0.2, 0) is 4.79 Å². The zero-order chi connectivity index (χ0) is 16.9. The number of hydrogen-bond donors (Lipinski definition) is 1. The second-order valence-electron chi connectivity index (χ2n) is 8.17. The lowest BCUT2D eigenvalue weighted by Crippen LogP contribution is -2.49. The van der Waals surface area contributed by atoms with Gasteiger partial charge in [-0.1, -0.05) is 26.3 Å². The highest BCUT2D eigenvalue weighted by Gasteiger charge is 2.28. The minimum absolute atomic E-state index is 0.0440. The van der Waals surface area contributed by atoms with E-state index in [1.54, 1.807) is 6.08 Å². The second-order valence-corrected chi connectivity index (χ2v) is 8.17. The van der Waals surface area contributed by atoms with Crippen molar-refractivity contribution in [3.8, 4) is 0 Å². The smallest absolute Gasteiger partial charge is 0.246 e. The molecule has 1 N–H and O–H groups in total. The monoisotopic (exact) mass is 310 g/mol. The molecule has 1 aliphatic rings. The Morgan fingerprint density at radius 1 is 1.32 bits per heavy atom. The molecule has 0 unspecified atom stereocenters. The van der Waals surface area contributed by atoms with Gasteiger partial charge in [0.2, 0.25) is 5.91 Å². The molecular weight excluding hydrogens is 276 g/mol. The van der Waals surface area contributed by atoms with Gasteiger partial charge < -0.3 is 14.9 Å². The Balaban J connectivity index is 2.78. The van der Waals surface area contributed by atoms with Crippen molar-refractivity contribution < 1.29 is 9.90 Å². The Morgan fingerprint density at radius 2 is 1.86 bits per heavy atom. The average Bonchev–Trinajstić information content (AvgIpc) is 2.34. The molecule has 1 aliphatic heterocycles. The molecule has 4 nitrogen and oxygen atoms in total. The van der Waals surface area contributed by atoms with E-state index in [0.717, 1.165) is 31.5 Å². The second kappa shape index (κ2) is 8.11. The quantitative estimate of drug-likeness (QED) is 0.794. The third-order valence-electron chi connectivity index (χ3n) is 4.08. The summed E-state index contributed by atoms with van der Waals surface area (Å²) in [5.41, 5.74) is 1.07. The Morgan fingerprint density at radius 3 is 2.32 bits per heavy atom. The fourth-order valence-corrected chi connectivity index (χ4v) is 3.05. The van der Waals surface area contributed by atoms with Crippen LogP contribution >= 0.6 is 0 Å². The maximum atomic E-state index is 12.6. The predicted molar refractivity (Wildman–Crippen MR) is 91.7 cm³/mol. The molecule has 1 heterocycles. The number of carbonyl (C=O) groups excluding carboxylic acids is 1. The molecule has 0 radical (unpaired) electrons. The van der Waals surface area contributed by atoms with E-state index >= 15 is 0 Å². The van der Waals surface area contributed by atoms with Gasteiger partial charge >= 0.3 is 0 Å². The number of hydrogen-bond acceptors (Lipinski definition) is 3. The molecule has 22 heavy (non-hydrogen) atoms. The molecule has 0 bridgehead atoms. The van der Waals surface area contributed by atoms with Crippen LogP contribution in [0.5, 0.6) is 0 Å². The van der Waals surface area contributed by atoms with Crippen LogP contribution in [0.15, 0.2) is 11.6 Å². The Hall–Kier alpha value is -0.870. The summed E-state index contributed by atoms with van der Waals surface area (Å²) in [6, 6.07) is 0.244. The first-order valence-electron chi connectivity index (χ1n) is 8.40. The first kappa shape index (κ1) is 19.2. The molecule has 1 rings (SSSR count). The Kier molecular flexibility index (Phi) is 7.07. The zero-order valence-corrected chi connectivity index (χ0v) is 15.2. The summed E-state index contributed by atoms with van der Waals surface area (Å²) in [6.45, 7) is 12.7. The molecule has 0 aliphatic carbocycles. The maximum Gasteiger partial charge on any atom is 0.246 e. The number of carbonyl (C=O) groups is 1. The van der Waals surface area contributed by atoms with Crippen LogP contribution in [0.3, 0.4) is 0 Å². The van der Waals surface area contributed by atoms with Crippen molar-refractivity contribution in [3.05, 3.63) is 11.6 Å². The van der Waals surface area contributed by atoms with Crippen LogP contribution in [0.2, 0.25) is 0 Å². The molecule has 0 aromatic carbocycles. The van der Waals surface area contributed by atoms with Gasteiger partial charge in [-0.05, 0) is 58.7 Å². The molecule has 1 atom stereocenters. The molecule has 4 heteroatoms. The van der Waals surface area contributed by atoms with E-state index in [1.807, 2.05) is 18.7 Å². The third kappa shape index (κ3) is 6.93. The fourth-order valence-electron chi connectivity index (χ4n) is 3.05. The van der Waals surface area contributed by atoms with Crippen LogP contribution in [0, 0.1) is 5.41 Å². The van der Waals surface area contributed by atoms with E-state index in [2.05, 4.69) is 32.7 Å². The van der Waals surface area contributed by atoms with Crippen LogP contribution < -0.4 is 0 Å². The Bertz CT molecular complexity index is 386. The molecule has 0 aromatic heterocycles. The van der Waals surface area contributed by atoms with Crippen LogP contribution in [0.25, 0.3) is 0 Å². The minimum Gasteiger partial charge on any atom is -0.391 e. The fraction of sp³-hybridized carbons (Fsp3) is 0.833. The summed E-state index contributed by atoms with van der Waals surface area (Å²) in [5.74, 6) is 0.0440. The van der Waals surface area contributed by atoms with E-state index in [-0.39, 0.29) is 17.4 Å². The van der Waals surface area contributed by atoms with Crippen molar-refractivity contribution in [2.45, 2.75) is 66.0 Å². The zero-order valence-electron chi connectivity index (χ0n) is 15.2. The third-order valence-corrected chi connectivity index (χ3v) is 4.08. The van der Waals surface area contributed by atoms with E-state index in [0.29, 0.717) is 13.0 Å². The number of rotatable bonds is 5. The van der Waals surface area contributed by atoms with E-state index in [1.165, 1.54) is 0 Å². The SMILES string of the molecule is CC(C)=CC(=O)N(C[C@@H](O)CC(C)(C)C)C1CCN(C)CC1. The number of piperidine rings is 1. The molecule has 128 valence electrons. The number of allylic oxidation sites excluding steroid dienone is 1. The molecule has 1 saturated heterocycles. The normalized spacial score (nSPS) is 18.9. The van der Waals surface area contributed by atoms with Crippen molar-refractivity contribution in [2.24, 2.45) is 5.41 Å². The van der Waals surface area contributed by atoms with Gasteiger partial charge in [-0.15, -0.1) is 0 Å². The molecule has 0 aromatic rings. The molecule has 1 fully saturated rings. The molecule has 0 spiro atoms. The number of nitrogens with zero attached hydrogens (tertiary/aromatic N) is 2. The number of aliphatic hydroxyl groups excluding tert-OH is 1. The van der Waals surface area contributed by atoms with Gasteiger partial charge in [-0.25, -0.2) is 0 Å².